The first kappa shape index (κ1) is 20.5. The third kappa shape index (κ3) is 4.99. The van der Waals surface area contributed by atoms with E-state index < -0.39 is 0 Å². The van der Waals surface area contributed by atoms with E-state index >= 15 is 0 Å². The van der Waals surface area contributed by atoms with E-state index in [1.165, 1.54) is 4.90 Å². The molecule has 2 aromatic carbocycles. The molecule has 0 bridgehead atoms. The lowest BCUT2D eigenvalue weighted by molar-refractivity contribution is -0.121. The number of amides is 2. The number of likely N-dealkylation sites (N-methyl/N-ethyl adjacent to an activating group) is 1. The minimum atomic E-state index is -0.110. The number of anilines is 1. The highest BCUT2D eigenvalue weighted by Gasteiger charge is 2.27. The van der Waals surface area contributed by atoms with Crippen LogP contribution in [-0.4, -0.2) is 62.2 Å². The van der Waals surface area contributed by atoms with Crippen LogP contribution < -0.4 is 15.0 Å². The fourth-order valence-electron chi connectivity index (χ4n) is 3.29. The van der Waals surface area contributed by atoms with Crippen LogP contribution in [0.2, 0.25) is 0 Å². The first-order chi connectivity index (χ1) is 13.8. The van der Waals surface area contributed by atoms with E-state index in [2.05, 4.69) is 5.32 Å². The number of phenols is 1. The van der Waals surface area contributed by atoms with Crippen LogP contribution in [0, 0.1) is 0 Å². The minimum absolute atomic E-state index is 0.0480. The van der Waals surface area contributed by atoms with Gasteiger partial charge in [-0.1, -0.05) is 12.1 Å². The van der Waals surface area contributed by atoms with Crippen LogP contribution >= 0.6 is 0 Å². The maximum Gasteiger partial charge on any atom is 0.253 e. The van der Waals surface area contributed by atoms with E-state index in [0.717, 1.165) is 11.3 Å². The maximum atomic E-state index is 12.4. The number of hydrogen-bond acceptors (Lipinski definition) is 5. The Morgan fingerprint density at radius 2 is 1.93 bits per heavy atom. The van der Waals surface area contributed by atoms with Crippen LogP contribution in [0.1, 0.15) is 22.3 Å². The van der Waals surface area contributed by atoms with Crippen molar-refractivity contribution in [1.29, 1.82) is 0 Å². The molecule has 0 saturated heterocycles. The van der Waals surface area contributed by atoms with Gasteiger partial charge in [-0.15, -0.1) is 0 Å². The molecular formula is C22H27N3O4. The summed E-state index contributed by atoms with van der Waals surface area (Å²) in [6, 6.07) is 12.2. The normalized spacial score (nSPS) is 15.3. The Kier molecular flexibility index (Phi) is 6.26. The molecule has 29 heavy (non-hydrogen) atoms. The van der Waals surface area contributed by atoms with E-state index in [-0.39, 0.29) is 23.6 Å². The van der Waals surface area contributed by atoms with Gasteiger partial charge in [0.25, 0.3) is 5.91 Å². The number of aromatic hydroxyl groups is 1. The molecule has 1 aliphatic rings. The van der Waals surface area contributed by atoms with Crippen molar-refractivity contribution >= 4 is 17.5 Å². The Hall–Kier alpha value is -3.22. The summed E-state index contributed by atoms with van der Waals surface area (Å²) in [7, 11) is 5.35. The molecule has 154 valence electrons. The van der Waals surface area contributed by atoms with Gasteiger partial charge in [0.05, 0.1) is 18.2 Å². The molecule has 1 atom stereocenters. The summed E-state index contributed by atoms with van der Waals surface area (Å²) in [6.45, 7) is 0.939. The van der Waals surface area contributed by atoms with E-state index in [9.17, 15) is 14.7 Å². The lowest BCUT2D eigenvalue weighted by atomic mass is 10.1. The van der Waals surface area contributed by atoms with Crippen molar-refractivity contribution in [1.82, 2.24) is 10.2 Å². The summed E-state index contributed by atoms with van der Waals surface area (Å²) in [5.41, 5.74) is 2.45. The second kappa shape index (κ2) is 8.86. The first-order valence-corrected chi connectivity index (χ1v) is 9.61. The van der Waals surface area contributed by atoms with Gasteiger partial charge in [0.15, 0.2) is 0 Å². The SMILES string of the molecule is CN(C)C(=O)c1ccc2c(c1)N(C)[C@H](CC(=O)NCCc1ccc(O)cc1)CO2. The summed E-state index contributed by atoms with van der Waals surface area (Å²) in [4.78, 5) is 28.2. The van der Waals surface area contributed by atoms with Gasteiger partial charge in [-0.05, 0) is 42.3 Å². The first-order valence-electron chi connectivity index (χ1n) is 9.61. The van der Waals surface area contributed by atoms with Gasteiger partial charge in [-0.3, -0.25) is 9.59 Å². The second-order valence-corrected chi connectivity index (χ2v) is 7.43. The van der Waals surface area contributed by atoms with Crippen molar-refractivity contribution in [3.8, 4) is 11.5 Å². The van der Waals surface area contributed by atoms with Gasteiger partial charge in [0.2, 0.25) is 5.91 Å². The van der Waals surface area contributed by atoms with Crippen molar-refractivity contribution in [2.24, 2.45) is 0 Å². The standard InChI is InChI=1S/C22H27N3O4/c1-24(2)22(28)16-6-9-20-19(12-16)25(3)17(14-29-20)13-21(27)23-11-10-15-4-7-18(26)8-5-15/h4-9,12,17,26H,10-11,13-14H2,1-3H3,(H,23,27)/t17-/m1/s1. The summed E-state index contributed by atoms with van der Waals surface area (Å²) in [5.74, 6) is 0.823. The summed E-state index contributed by atoms with van der Waals surface area (Å²) in [5, 5.41) is 12.3. The third-order valence-corrected chi connectivity index (χ3v) is 5.06. The number of carbonyl (C=O) groups excluding carboxylic acids is 2. The Bertz CT molecular complexity index is 880. The predicted octanol–water partition coefficient (Wildman–Crippen LogP) is 2.04. The molecule has 0 radical (unpaired) electrons. The van der Waals surface area contributed by atoms with Crippen molar-refractivity contribution < 1.29 is 19.4 Å². The number of hydrogen-bond donors (Lipinski definition) is 2. The molecule has 0 aliphatic carbocycles. The van der Waals surface area contributed by atoms with Crippen molar-refractivity contribution in [3.63, 3.8) is 0 Å². The lowest BCUT2D eigenvalue weighted by Crippen LogP contribution is -2.44. The van der Waals surface area contributed by atoms with E-state index in [1.54, 1.807) is 38.4 Å². The number of phenolic OH excluding ortho intramolecular Hbond substituents is 1. The van der Waals surface area contributed by atoms with Gasteiger partial charge in [-0.2, -0.15) is 0 Å². The molecule has 3 rings (SSSR count). The van der Waals surface area contributed by atoms with E-state index in [0.29, 0.717) is 37.3 Å². The zero-order valence-electron chi connectivity index (χ0n) is 17.0. The molecule has 7 heteroatoms. The largest absolute Gasteiger partial charge is 0.508 e. The molecule has 1 aliphatic heterocycles. The molecule has 2 N–H and O–H groups in total. The number of nitrogens with one attached hydrogen (secondary N) is 1. The van der Waals surface area contributed by atoms with Crippen LogP contribution in [-0.2, 0) is 11.2 Å². The van der Waals surface area contributed by atoms with Gasteiger partial charge in [0.1, 0.15) is 18.1 Å². The summed E-state index contributed by atoms with van der Waals surface area (Å²) in [6.07, 6.45) is 0.999. The number of carbonyl (C=O) groups is 2. The summed E-state index contributed by atoms with van der Waals surface area (Å²) < 4.78 is 5.82. The van der Waals surface area contributed by atoms with Crippen LogP contribution in [0.5, 0.6) is 11.5 Å². The Labute approximate surface area is 170 Å². The minimum Gasteiger partial charge on any atom is -0.508 e. The fourth-order valence-corrected chi connectivity index (χ4v) is 3.29. The lowest BCUT2D eigenvalue weighted by Gasteiger charge is -2.35. The van der Waals surface area contributed by atoms with Crippen LogP contribution in [0.15, 0.2) is 42.5 Å². The topological polar surface area (TPSA) is 82.1 Å². The Morgan fingerprint density at radius 3 is 2.62 bits per heavy atom. The smallest absolute Gasteiger partial charge is 0.253 e. The zero-order valence-corrected chi connectivity index (χ0v) is 17.0. The molecule has 0 aromatic heterocycles. The molecule has 0 spiro atoms. The zero-order chi connectivity index (χ0) is 21.0. The number of benzene rings is 2. The third-order valence-electron chi connectivity index (χ3n) is 5.06. The van der Waals surface area contributed by atoms with Crippen molar-refractivity contribution in [3.05, 3.63) is 53.6 Å². The van der Waals surface area contributed by atoms with Gasteiger partial charge in [0, 0.05) is 33.3 Å². The van der Waals surface area contributed by atoms with Gasteiger partial charge in [-0.25, -0.2) is 0 Å². The maximum absolute atomic E-state index is 12.4. The van der Waals surface area contributed by atoms with Crippen molar-refractivity contribution in [2.75, 3.05) is 39.2 Å². The van der Waals surface area contributed by atoms with Crippen LogP contribution in [0.3, 0.4) is 0 Å². The number of ether oxygens (including phenoxy) is 1. The fraction of sp³-hybridized carbons (Fsp3) is 0.364. The van der Waals surface area contributed by atoms with Crippen LogP contribution in [0.25, 0.3) is 0 Å². The number of nitrogens with zero attached hydrogens (tertiary/aromatic N) is 2. The van der Waals surface area contributed by atoms with Crippen molar-refractivity contribution in [2.45, 2.75) is 18.9 Å². The highest BCUT2D eigenvalue weighted by molar-refractivity contribution is 5.95. The molecule has 0 saturated carbocycles. The average Bonchev–Trinajstić information content (AvgIpc) is 2.71. The molecular weight excluding hydrogens is 370 g/mol. The predicted molar refractivity (Wildman–Crippen MR) is 112 cm³/mol. The van der Waals surface area contributed by atoms with E-state index in [1.807, 2.05) is 30.1 Å². The molecule has 2 aromatic rings. The molecule has 0 fully saturated rings. The summed E-state index contributed by atoms with van der Waals surface area (Å²) >= 11 is 0. The average molecular weight is 397 g/mol. The molecule has 1 heterocycles. The Balaban J connectivity index is 1.57. The Morgan fingerprint density at radius 1 is 1.21 bits per heavy atom. The van der Waals surface area contributed by atoms with Gasteiger partial charge < -0.3 is 25.0 Å². The molecule has 2 amide bonds. The number of fused-ring (bicyclic) bond motifs is 1. The number of rotatable bonds is 6. The molecule has 7 nitrogen and oxygen atoms in total. The quantitative estimate of drug-likeness (QED) is 0.780. The molecule has 0 unspecified atom stereocenters. The second-order valence-electron chi connectivity index (χ2n) is 7.43. The van der Waals surface area contributed by atoms with E-state index in [4.69, 9.17) is 4.74 Å². The highest BCUT2D eigenvalue weighted by atomic mass is 16.5. The monoisotopic (exact) mass is 397 g/mol. The van der Waals surface area contributed by atoms with Crippen LogP contribution in [0.4, 0.5) is 5.69 Å². The van der Waals surface area contributed by atoms with Gasteiger partial charge >= 0.3 is 0 Å². The highest BCUT2D eigenvalue weighted by Crippen LogP contribution is 2.34.